The van der Waals surface area contributed by atoms with Crippen LogP contribution in [-0.4, -0.2) is 5.97 Å². The quantitative estimate of drug-likeness (QED) is 0.339. The molecular formula is C8H12O2. The summed E-state index contributed by atoms with van der Waals surface area (Å²) in [5, 5.41) is 0. The highest BCUT2D eigenvalue weighted by Crippen LogP contribution is 2.03. The van der Waals surface area contributed by atoms with Gasteiger partial charge >= 0.3 is 5.97 Å². The summed E-state index contributed by atoms with van der Waals surface area (Å²) in [7, 11) is 0. The molecule has 2 nitrogen and oxygen atoms in total. The maximum Gasteiger partial charge on any atom is 0.338 e. The Labute approximate surface area is 61.2 Å². The van der Waals surface area contributed by atoms with Gasteiger partial charge in [0.05, 0.1) is 6.26 Å². The summed E-state index contributed by atoms with van der Waals surface area (Å²) >= 11 is 0. The van der Waals surface area contributed by atoms with Crippen molar-refractivity contribution in [1.29, 1.82) is 0 Å². The van der Waals surface area contributed by atoms with E-state index >= 15 is 0 Å². The molecule has 0 fully saturated rings. The third-order valence-electron chi connectivity index (χ3n) is 1.03. The van der Waals surface area contributed by atoms with Gasteiger partial charge in [-0.2, -0.15) is 0 Å². The molecule has 0 atom stereocenters. The molecule has 0 rings (SSSR count). The van der Waals surface area contributed by atoms with Gasteiger partial charge in [-0.05, 0) is 6.42 Å². The summed E-state index contributed by atoms with van der Waals surface area (Å²) in [4.78, 5) is 10.7. The van der Waals surface area contributed by atoms with E-state index in [0.717, 1.165) is 12.7 Å². The van der Waals surface area contributed by atoms with Gasteiger partial charge in [0.1, 0.15) is 0 Å². The van der Waals surface area contributed by atoms with E-state index in [1.807, 2.05) is 6.92 Å². The van der Waals surface area contributed by atoms with Gasteiger partial charge in [-0.15, -0.1) is 0 Å². The minimum absolute atomic E-state index is 0.378. The van der Waals surface area contributed by atoms with Gasteiger partial charge in [0.15, 0.2) is 0 Å². The van der Waals surface area contributed by atoms with Crippen LogP contribution >= 0.6 is 0 Å². The number of hydrogen-bond donors (Lipinski definition) is 0. The molecule has 0 aromatic carbocycles. The number of hydrogen-bond acceptors (Lipinski definition) is 2. The second-order valence-electron chi connectivity index (χ2n) is 1.93. The van der Waals surface area contributed by atoms with Crippen molar-refractivity contribution in [2.45, 2.75) is 19.8 Å². The fourth-order valence-electron chi connectivity index (χ4n) is 0.563. The molecule has 0 heterocycles. The standard InChI is InChI=1S/C8H12O2/c1-4-6-7(3)8(9)10-5-2/h5H,2-4,6H2,1H3. The molecule has 0 amide bonds. The molecule has 56 valence electrons. The van der Waals surface area contributed by atoms with Crippen LogP contribution in [-0.2, 0) is 9.53 Å². The maximum absolute atomic E-state index is 10.7. The van der Waals surface area contributed by atoms with Crippen LogP contribution in [0.1, 0.15) is 19.8 Å². The Morgan fingerprint density at radius 3 is 2.70 bits per heavy atom. The first kappa shape index (κ1) is 8.95. The fraction of sp³-hybridized carbons (Fsp3) is 0.375. The van der Waals surface area contributed by atoms with Crippen molar-refractivity contribution >= 4 is 5.97 Å². The summed E-state index contributed by atoms with van der Waals surface area (Å²) in [6.07, 6.45) is 2.71. The Bertz CT molecular complexity index is 147. The Kier molecular flexibility index (Phi) is 4.29. The van der Waals surface area contributed by atoms with Crippen LogP contribution < -0.4 is 0 Å². The maximum atomic E-state index is 10.7. The lowest BCUT2D eigenvalue weighted by Crippen LogP contribution is -2.01. The Morgan fingerprint density at radius 2 is 2.30 bits per heavy atom. The lowest BCUT2D eigenvalue weighted by Gasteiger charge is -1.99. The molecule has 0 saturated heterocycles. The van der Waals surface area contributed by atoms with Crippen molar-refractivity contribution < 1.29 is 9.53 Å². The van der Waals surface area contributed by atoms with E-state index in [1.54, 1.807) is 0 Å². The average Bonchev–Trinajstić information content (AvgIpc) is 1.89. The molecule has 0 spiro atoms. The van der Waals surface area contributed by atoms with Crippen LogP contribution in [0.2, 0.25) is 0 Å². The number of carbonyl (C=O) groups is 1. The van der Waals surface area contributed by atoms with Gasteiger partial charge in [0.2, 0.25) is 0 Å². The summed E-state index contributed by atoms with van der Waals surface area (Å²) in [6.45, 7) is 8.78. The Balaban J connectivity index is 3.70. The zero-order valence-electron chi connectivity index (χ0n) is 6.22. The predicted octanol–water partition coefficient (Wildman–Crippen LogP) is 2.03. The lowest BCUT2D eigenvalue weighted by molar-refractivity contribution is -0.133. The van der Waals surface area contributed by atoms with E-state index in [-0.39, 0.29) is 5.97 Å². The van der Waals surface area contributed by atoms with Crippen molar-refractivity contribution in [3.05, 3.63) is 25.0 Å². The first-order valence-electron chi connectivity index (χ1n) is 3.22. The average molecular weight is 140 g/mol. The number of carbonyl (C=O) groups excluding carboxylic acids is 1. The first-order valence-corrected chi connectivity index (χ1v) is 3.22. The summed E-state index contributed by atoms with van der Waals surface area (Å²) in [5.41, 5.74) is 0.502. The molecule has 0 bridgehead atoms. The van der Waals surface area contributed by atoms with Crippen molar-refractivity contribution in [2.75, 3.05) is 0 Å². The zero-order valence-corrected chi connectivity index (χ0v) is 6.22. The largest absolute Gasteiger partial charge is 0.432 e. The van der Waals surface area contributed by atoms with Crippen LogP contribution in [0.25, 0.3) is 0 Å². The Morgan fingerprint density at radius 1 is 1.70 bits per heavy atom. The number of esters is 1. The molecule has 0 aliphatic heterocycles. The van der Waals surface area contributed by atoms with Gasteiger partial charge < -0.3 is 4.74 Å². The van der Waals surface area contributed by atoms with Gasteiger partial charge in [-0.1, -0.05) is 26.5 Å². The minimum atomic E-state index is -0.378. The second-order valence-corrected chi connectivity index (χ2v) is 1.93. The van der Waals surface area contributed by atoms with Crippen molar-refractivity contribution in [3.8, 4) is 0 Å². The first-order chi connectivity index (χ1) is 4.72. The highest BCUT2D eigenvalue weighted by Gasteiger charge is 2.03. The SMILES string of the molecule is C=COC(=O)C(=C)CCC. The van der Waals surface area contributed by atoms with Gasteiger partial charge in [0.25, 0.3) is 0 Å². The second kappa shape index (κ2) is 4.79. The predicted molar refractivity (Wildman–Crippen MR) is 40.3 cm³/mol. The lowest BCUT2D eigenvalue weighted by atomic mass is 10.2. The third-order valence-corrected chi connectivity index (χ3v) is 1.03. The van der Waals surface area contributed by atoms with Gasteiger partial charge in [-0.25, -0.2) is 4.79 Å². The van der Waals surface area contributed by atoms with Gasteiger partial charge in [-0.3, -0.25) is 0 Å². The van der Waals surface area contributed by atoms with E-state index in [9.17, 15) is 4.79 Å². The van der Waals surface area contributed by atoms with Crippen molar-refractivity contribution in [3.63, 3.8) is 0 Å². The molecular weight excluding hydrogens is 128 g/mol. The molecule has 0 radical (unpaired) electrons. The number of rotatable bonds is 4. The molecule has 0 aliphatic carbocycles. The van der Waals surface area contributed by atoms with Crippen molar-refractivity contribution in [2.24, 2.45) is 0 Å². The van der Waals surface area contributed by atoms with E-state index in [1.165, 1.54) is 0 Å². The molecule has 0 unspecified atom stereocenters. The van der Waals surface area contributed by atoms with Crippen LogP contribution in [0, 0.1) is 0 Å². The molecule has 0 aliphatic rings. The molecule has 2 heteroatoms. The topological polar surface area (TPSA) is 26.3 Å². The molecule has 0 N–H and O–H groups in total. The minimum Gasteiger partial charge on any atom is -0.432 e. The zero-order chi connectivity index (χ0) is 7.98. The Hall–Kier alpha value is -1.05. The molecule has 0 aromatic rings. The van der Waals surface area contributed by atoms with Crippen LogP contribution in [0.4, 0.5) is 0 Å². The fourth-order valence-corrected chi connectivity index (χ4v) is 0.563. The van der Waals surface area contributed by atoms with Crippen molar-refractivity contribution in [1.82, 2.24) is 0 Å². The molecule has 0 aromatic heterocycles. The summed E-state index contributed by atoms with van der Waals surface area (Å²) in [5.74, 6) is -0.378. The van der Waals surface area contributed by atoms with E-state index < -0.39 is 0 Å². The van der Waals surface area contributed by atoms with Crippen LogP contribution in [0.3, 0.4) is 0 Å². The van der Waals surface area contributed by atoms with E-state index in [4.69, 9.17) is 0 Å². The normalized spacial score (nSPS) is 8.50. The van der Waals surface area contributed by atoms with E-state index in [0.29, 0.717) is 12.0 Å². The smallest absolute Gasteiger partial charge is 0.338 e. The monoisotopic (exact) mass is 140 g/mol. The summed E-state index contributed by atoms with van der Waals surface area (Å²) in [6, 6.07) is 0. The summed E-state index contributed by atoms with van der Waals surface area (Å²) < 4.78 is 4.48. The van der Waals surface area contributed by atoms with Gasteiger partial charge in [0, 0.05) is 5.57 Å². The molecule has 0 saturated carbocycles. The van der Waals surface area contributed by atoms with Crippen LogP contribution in [0.15, 0.2) is 25.0 Å². The highest BCUT2D eigenvalue weighted by atomic mass is 16.5. The molecule has 10 heavy (non-hydrogen) atoms. The van der Waals surface area contributed by atoms with E-state index in [2.05, 4.69) is 17.9 Å². The number of ether oxygens (including phenoxy) is 1. The van der Waals surface area contributed by atoms with Crippen LogP contribution in [0.5, 0.6) is 0 Å². The highest BCUT2D eigenvalue weighted by molar-refractivity contribution is 5.87. The third kappa shape index (κ3) is 3.07.